The Balaban J connectivity index is 1.52. The first-order valence-electron chi connectivity index (χ1n) is 8.31. The minimum Gasteiger partial charge on any atom is -0.491 e. The standard InChI is InChI=1S/C16H25N3O4/c1-2-17-7-9-18(10-8-17)11-12-22-13-14-23-16-5-3-15(4-6-16)19(20)21/h3-6H,2,7-14H2,1H3/p+2. The lowest BCUT2D eigenvalue weighted by molar-refractivity contribution is -1.01. The van der Waals surface area contributed by atoms with Crippen LogP contribution in [0.2, 0.25) is 0 Å². The van der Waals surface area contributed by atoms with Crippen LogP contribution in [0.1, 0.15) is 6.92 Å². The van der Waals surface area contributed by atoms with Crippen molar-refractivity contribution in [3.05, 3.63) is 34.4 Å². The van der Waals surface area contributed by atoms with Crippen molar-refractivity contribution in [2.75, 3.05) is 59.1 Å². The Hall–Kier alpha value is -1.70. The summed E-state index contributed by atoms with van der Waals surface area (Å²) in [5.74, 6) is 0.628. The number of hydrogen-bond donors (Lipinski definition) is 2. The maximum atomic E-state index is 10.6. The fraction of sp³-hybridized carbons (Fsp3) is 0.625. The molecule has 23 heavy (non-hydrogen) atoms. The average Bonchev–Trinajstić information content (AvgIpc) is 2.59. The highest BCUT2D eigenvalue weighted by molar-refractivity contribution is 5.35. The van der Waals surface area contributed by atoms with Crippen LogP contribution in [0, 0.1) is 10.1 Å². The summed E-state index contributed by atoms with van der Waals surface area (Å²) in [5.41, 5.74) is 0.0709. The van der Waals surface area contributed by atoms with Crippen LogP contribution in [0.3, 0.4) is 0 Å². The fourth-order valence-electron chi connectivity index (χ4n) is 2.76. The Labute approximate surface area is 136 Å². The molecule has 128 valence electrons. The molecule has 7 heteroatoms. The van der Waals surface area contributed by atoms with E-state index in [9.17, 15) is 10.1 Å². The van der Waals surface area contributed by atoms with E-state index in [1.807, 2.05) is 0 Å². The molecule has 0 aromatic heterocycles. The van der Waals surface area contributed by atoms with Crippen LogP contribution in [0.15, 0.2) is 24.3 Å². The number of benzene rings is 1. The third-order valence-electron chi connectivity index (χ3n) is 4.31. The Morgan fingerprint density at radius 2 is 1.70 bits per heavy atom. The van der Waals surface area contributed by atoms with Crippen LogP contribution < -0.4 is 14.5 Å². The second-order valence-electron chi connectivity index (χ2n) is 5.82. The number of likely N-dealkylation sites (N-methyl/N-ethyl adjacent to an activating group) is 1. The molecule has 1 aliphatic rings. The molecule has 0 aliphatic carbocycles. The van der Waals surface area contributed by atoms with Crippen molar-refractivity contribution in [3.63, 3.8) is 0 Å². The quantitative estimate of drug-likeness (QED) is 0.340. The van der Waals surface area contributed by atoms with Gasteiger partial charge in [-0.15, -0.1) is 0 Å². The van der Waals surface area contributed by atoms with Crippen molar-refractivity contribution in [2.45, 2.75) is 6.92 Å². The summed E-state index contributed by atoms with van der Waals surface area (Å²) in [6.07, 6.45) is 0. The molecule has 7 nitrogen and oxygen atoms in total. The van der Waals surface area contributed by atoms with Gasteiger partial charge in [0, 0.05) is 12.1 Å². The van der Waals surface area contributed by atoms with Gasteiger partial charge < -0.3 is 19.3 Å². The summed E-state index contributed by atoms with van der Waals surface area (Å²) in [5, 5.41) is 10.6. The summed E-state index contributed by atoms with van der Waals surface area (Å²) in [6, 6.07) is 6.10. The first-order valence-corrected chi connectivity index (χ1v) is 8.31. The van der Waals surface area contributed by atoms with Gasteiger partial charge in [-0.3, -0.25) is 10.1 Å². The molecule has 1 saturated heterocycles. The predicted octanol–water partition coefficient (Wildman–Crippen LogP) is -1.21. The number of ether oxygens (including phenoxy) is 2. The maximum absolute atomic E-state index is 10.6. The van der Waals surface area contributed by atoms with Gasteiger partial charge in [-0.1, -0.05) is 0 Å². The number of nitrogens with one attached hydrogen (secondary N) is 2. The summed E-state index contributed by atoms with van der Waals surface area (Å²) < 4.78 is 11.1. The van der Waals surface area contributed by atoms with Gasteiger partial charge in [-0.2, -0.15) is 0 Å². The predicted molar refractivity (Wildman–Crippen MR) is 86.2 cm³/mol. The molecule has 1 fully saturated rings. The monoisotopic (exact) mass is 325 g/mol. The molecule has 0 unspecified atom stereocenters. The van der Waals surface area contributed by atoms with Gasteiger partial charge in [-0.25, -0.2) is 0 Å². The smallest absolute Gasteiger partial charge is 0.269 e. The number of hydrogen-bond acceptors (Lipinski definition) is 4. The van der Waals surface area contributed by atoms with Gasteiger partial charge in [0.2, 0.25) is 0 Å². The largest absolute Gasteiger partial charge is 0.491 e. The van der Waals surface area contributed by atoms with E-state index in [0.717, 1.165) is 13.2 Å². The molecule has 2 rings (SSSR count). The fourth-order valence-corrected chi connectivity index (χ4v) is 2.76. The zero-order valence-electron chi connectivity index (χ0n) is 13.8. The Kier molecular flexibility index (Phi) is 7.25. The van der Waals surface area contributed by atoms with Crippen molar-refractivity contribution < 1.29 is 24.2 Å². The number of rotatable bonds is 9. The number of nitrogens with zero attached hydrogens (tertiary/aromatic N) is 1. The number of piperazine rings is 1. The van der Waals surface area contributed by atoms with Crippen molar-refractivity contribution in [1.29, 1.82) is 0 Å². The van der Waals surface area contributed by atoms with Crippen LogP contribution in [0.5, 0.6) is 5.75 Å². The van der Waals surface area contributed by atoms with Crippen LogP contribution in [-0.2, 0) is 4.74 Å². The molecule has 0 saturated carbocycles. The van der Waals surface area contributed by atoms with E-state index in [0.29, 0.717) is 19.0 Å². The summed E-state index contributed by atoms with van der Waals surface area (Å²) in [6.45, 7) is 11.2. The summed E-state index contributed by atoms with van der Waals surface area (Å²) in [7, 11) is 0. The first-order chi connectivity index (χ1) is 11.2. The Morgan fingerprint density at radius 1 is 1.04 bits per heavy atom. The number of non-ortho nitro benzene ring substituents is 1. The second kappa shape index (κ2) is 9.44. The second-order valence-corrected chi connectivity index (χ2v) is 5.82. The van der Waals surface area contributed by atoms with E-state index in [-0.39, 0.29) is 5.69 Å². The maximum Gasteiger partial charge on any atom is 0.269 e. The Morgan fingerprint density at radius 3 is 2.30 bits per heavy atom. The van der Waals surface area contributed by atoms with Crippen molar-refractivity contribution in [2.24, 2.45) is 0 Å². The highest BCUT2D eigenvalue weighted by atomic mass is 16.6. The SMILES string of the molecule is CC[NH+]1CC[NH+](CCOCCOc2ccc([N+](=O)[O-])cc2)CC1. The molecular weight excluding hydrogens is 298 g/mol. The first kappa shape index (κ1) is 17.7. The van der Waals surface area contributed by atoms with E-state index in [1.54, 1.807) is 21.9 Å². The van der Waals surface area contributed by atoms with Gasteiger partial charge in [0.25, 0.3) is 5.69 Å². The van der Waals surface area contributed by atoms with Crippen LogP contribution in [0.25, 0.3) is 0 Å². The van der Waals surface area contributed by atoms with Gasteiger partial charge >= 0.3 is 0 Å². The molecule has 0 amide bonds. The van der Waals surface area contributed by atoms with Crippen LogP contribution in [0.4, 0.5) is 5.69 Å². The van der Waals surface area contributed by atoms with E-state index in [2.05, 4.69) is 6.92 Å². The molecule has 1 heterocycles. The summed E-state index contributed by atoms with van der Waals surface area (Å²) in [4.78, 5) is 13.5. The molecule has 0 atom stereocenters. The molecular formula is C16H27N3O4+2. The topological polar surface area (TPSA) is 70.5 Å². The molecule has 1 aromatic carbocycles. The zero-order chi connectivity index (χ0) is 16.5. The molecule has 0 bridgehead atoms. The molecule has 1 aromatic rings. The van der Waals surface area contributed by atoms with Gasteiger partial charge in [-0.05, 0) is 19.1 Å². The van der Waals surface area contributed by atoms with Gasteiger partial charge in [0.1, 0.15) is 45.1 Å². The highest BCUT2D eigenvalue weighted by Gasteiger charge is 2.20. The van der Waals surface area contributed by atoms with E-state index < -0.39 is 4.92 Å². The molecule has 0 spiro atoms. The lowest BCUT2D eigenvalue weighted by atomic mass is 10.3. The van der Waals surface area contributed by atoms with Crippen molar-refractivity contribution >= 4 is 5.69 Å². The van der Waals surface area contributed by atoms with Crippen LogP contribution >= 0.6 is 0 Å². The number of nitro benzene ring substituents is 1. The summed E-state index contributed by atoms with van der Waals surface area (Å²) >= 11 is 0. The van der Waals surface area contributed by atoms with Gasteiger partial charge in [0.15, 0.2) is 0 Å². The zero-order valence-corrected chi connectivity index (χ0v) is 13.8. The van der Waals surface area contributed by atoms with Crippen molar-refractivity contribution in [3.8, 4) is 5.75 Å². The molecule has 1 aliphatic heterocycles. The van der Waals surface area contributed by atoms with Gasteiger partial charge in [0.05, 0.1) is 24.7 Å². The van der Waals surface area contributed by atoms with E-state index >= 15 is 0 Å². The number of quaternary nitrogens is 2. The lowest BCUT2D eigenvalue weighted by Crippen LogP contribution is -3.28. The van der Waals surface area contributed by atoms with Crippen molar-refractivity contribution in [1.82, 2.24) is 0 Å². The van der Waals surface area contributed by atoms with E-state index in [4.69, 9.17) is 9.47 Å². The van der Waals surface area contributed by atoms with E-state index in [1.165, 1.54) is 44.9 Å². The molecule has 2 N–H and O–H groups in total. The lowest BCUT2D eigenvalue weighted by Gasteiger charge is -2.28. The number of nitro groups is 1. The normalized spacial score (nSPS) is 21.1. The third-order valence-corrected chi connectivity index (χ3v) is 4.31. The Bertz CT molecular complexity index is 473. The minimum atomic E-state index is -0.420. The third kappa shape index (κ3) is 6.13. The average molecular weight is 325 g/mol. The highest BCUT2D eigenvalue weighted by Crippen LogP contribution is 2.16. The minimum absolute atomic E-state index is 0.0709. The van der Waals surface area contributed by atoms with Crippen LogP contribution in [-0.4, -0.2) is 64.0 Å². The molecule has 0 radical (unpaired) electrons.